The number of rotatable bonds is 2. The van der Waals surface area contributed by atoms with Crippen molar-refractivity contribution in [2.24, 2.45) is 0 Å². The van der Waals surface area contributed by atoms with E-state index in [1.807, 2.05) is 19.2 Å². The molecule has 5 nitrogen and oxygen atoms in total. The molecule has 3 aromatic rings. The molecule has 0 unspecified atom stereocenters. The van der Waals surface area contributed by atoms with E-state index in [0.717, 1.165) is 41.3 Å². The SMILES string of the molecule is CNc1ccc2[nH]c(-c3ccc4c(c3)NCC4)nc2n1. The van der Waals surface area contributed by atoms with Crippen molar-refractivity contribution in [2.75, 3.05) is 24.2 Å². The molecule has 0 spiro atoms. The molecule has 0 saturated heterocycles. The number of pyridine rings is 1. The van der Waals surface area contributed by atoms with Gasteiger partial charge in [0.1, 0.15) is 11.6 Å². The summed E-state index contributed by atoms with van der Waals surface area (Å²) in [5.41, 5.74) is 5.36. The Labute approximate surface area is 116 Å². The highest BCUT2D eigenvalue weighted by Crippen LogP contribution is 2.28. The number of imidazole rings is 1. The number of H-pyrrole nitrogens is 1. The molecular formula is C15H15N5. The Morgan fingerprint density at radius 3 is 3.00 bits per heavy atom. The summed E-state index contributed by atoms with van der Waals surface area (Å²) in [6.07, 6.45) is 1.10. The summed E-state index contributed by atoms with van der Waals surface area (Å²) in [4.78, 5) is 12.4. The molecule has 0 fully saturated rings. The fourth-order valence-corrected chi connectivity index (χ4v) is 2.61. The Bertz CT molecular complexity index is 790. The summed E-state index contributed by atoms with van der Waals surface area (Å²) in [7, 11) is 1.86. The molecular weight excluding hydrogens is 250 g/mol. The van der Waals surface area contributed by atoms with Crippen LogP contribution in [0.3, 0.4) is 0 Å². The van der Waals surface area contributed by atoms with Crippen molar-refractivity contribution in [3.63, 3.8) is 0 Å². The molecule has 3 N–H and O–H groups in total. The molecule has 3 heterocycles. The number of hydrogen-bond acceptors (Lipinski definition) is 4. The first-order valence-corrected chi connectivity index (χ1v) is 6.75. The summed E-state index contributed by atoms with van der Waals surface area (Å²) >= 11 is 0. The van der Waals surface area contributed by atoms with E-state index in [9.17, 15) is 0 Å². The molecule has 20 heavy (non-hydrogen) atoms. The van der Waals surface area contributed by atoms with Crippen molar-refractivity contribution >= 4 is 22.7 Å². The molecule has 100 valence electrons. The van der Waals surface area contributed by atoms with Crippen LogP contribution in [0.4, 0.5) is 11.5 Å². The van der Waals surface area contributed by atoms with Crippen LogP contribution in [0.15, 0.2) is 30.3 Å². The van der Waals surface area contributed by atoms with Crippen LogP contribution in [-0.4, -0.2) is 28.5 Å². The number of anilines is 2. The van der Waals surface area contributed by atoms with Crippen LogP contribution in [0.2, 0.25) is 0 Å². The van der Waals surface area contributed by atoms with Gasteiger partial charge in [-0.1, -0.05) is 12.1 Å². The zero-order valence-corrected chi connectivity index (χ0v) is 11.2. The monoisotopic (exact) mass is 265 g/mol. The summed E-state index contributed by atoms with van der Waals surface area (Å²) in [5.74, 6) is 1.68. The first kappa shape index (κ1) is 11.3. The minimum Gasteiger partial charge on any atom is -0.384 e. The molecule has 5 heteroatoms. The van der Waals surface area contributed by atoms with Gasteiger partial charge in [-0.2, -0.15) is 0 Å². The van der Waals surface area contributed by atoms with Gasteiger partial charge in [0.2, 0.25) is 0 Å². The smallest absolute Gasteiger partial charge is 0.180 e. The van der Waals surface area contributed by atoms with Crippen molar-refractivity contribution in [1.82, 2.24) is 15.0 Å². The number of benzene rings is 1. The van der Waals surface area contributed by atoms with Gasteiger partial charge in [0.05, 0.1) is 5.52 Å². The number of nitrogens with one attached hydrogen (secondary N) is 3. The van der Waals surface area contributed by atoms with Crippen LogP contribution in [0.1, 0.15) is 5.56 Å². The van der Waals surface area contributed by atoms with Crippen LogP contribution in [0.5, 0.6) is 0 Å². The van der Waals surface area contributed by atoms with E-state index in [2.05, 4.69) is 43.8 Å². The van der Waals surface area contributed by atoms with E-state index in [-0.39, 0.29) is 0 Å². The summed E-state index contributed by atoms with van der Waals surface area (Å²) < 4.78 is 0. The lowest BCUT2D eigenvalue weighted by Gasteiger charge is -2.02. The highest BCUT2D eigenvalue weighted by molar-refractivity contribution is 5.78. The lowest BCUT2D eigenvalue weighted by atomic mass is 10.1. The van der Waals surface area contributed by atoms with Crippen molar-refractivity contribution in [3.05, 3.63) is 35.9 Å². The van der Waals surface area contributed by atoms with Crippen molar-refractivity contribution in [2.45, 2.75) is 6.42 Å². The van der Waals surface area contributed by atoms with Crippen molar-refractivity contribution in [1.29, 1.82) is 0 Å². The second-order valence-corrected chi connectivity index (χ2v) is 4.95. The van der Waals surface area contributed by atoms with E-state index in [0.29, 0.717) is 0 Å². The molecule has 1 aromatic carbocycles. The van der Waals surface area contributed by atoms with Gasteiger partial charge in [0.25, 0.3) is 0 Å². The van der Waals surface area contributed by atoms with E-state index < -0.39 is 0 Å². The molecule has 0 amide bonds. The number of nitrogens with zero attached hydrogens (tertiary/aromatic N) is 2. The molecule has 0 bridgehead atoms. The van der Waals surface area contributed by atoms with Gasteiger partial charge < -0.3 is 15.6 Å². The van der Waals surface area contributed by atoms with E-state index >= 15 is 0 Å². The third kappa shape index (κ3) is 1.71. The maximum absolute atomic E-state index is 4.58. The summed E-state index contributed by atoms with van der Waals surface area (Å²) in [6.45, 7) is 1.02. The summed E-state index contributed by atoms with van der Waals surface area (Å²) in [5, 5.41) is 6.42. The lowest BCUT2D eigenvalue weighted by Crippen LogP contribution is -1.91. The number of aromatic nitrogens is 3. The first-order valence-electron chi connectivity index (χ1n) is 6.75. The van der Waals surface area contributed by atoms with Gasteiger partial charge in [0, 0.05) is 24.8 Å². The average Bonchev–Trinajstić information content (AvgIpc) is 3.11. The highest BCUT2D eigenvalue weighted by Gasteiger charge is 2.13. The van der Waals surface area contributed by atoms with Crippen molar-refractivity contribution in [3.8, 4) is 11.4 Å². The van der Waals surface area contributed by atoms with E-state index in [4.69, 9.17) is 0 Å². The number of aromatic amines is 1. The van der Waals surface area contributed by atoms with Gasteiger partial charge >= 0.3 is 0 Å². The Hall–Kier alpha value is -2.56. The molecule has 4 rings (SSSR count). The van der Waals surface area contributed by atoms with Gasteiger partial charge in [-0.25, -0.2) is 9.97 Å². The minimum atomic E-state index is 0.736. The zero-order chi connectivity index (χ0) is 13.5. The van der Waals surface area contributed by atoms with Gasteiger partial charge in [-0.05, 0) is 30.2 Å². The molecule has 2 aromatic heterocycles. The lowest BCUT2D eigenvalue weighted by molar-refractivity contribution is 1.11. The standard InChI is InChI=1S/C15H15N5/c1-16-13-5-4-11-15(19-13)20-14(18-11)10-3-2-9-6-7-17-12(9)8-10/h2-5,8,17H,6-7H2,1H3,(H2,16,18,19,20). The fourth-order valence-electron chi connectivity index (χ4n) is 2.61. The molecule has 0 atom stereocenters. The topological polar surface area (TPSA) is 65.6 Å². The largest absolute Gasteiger partial charge is 0.384 e. The maximum atomic E-state index is 4.58. The van der Waals surface area contributed by atoms with E-state index in [1.165, 1.54) is 11.3 Å². The Morgan fingerprint density at radius 1 is 1.15 bits per heavy atom. The molecule has 1 aliphatic rings. The second-order valence-electron chi connectivity index (χ2n) is 4.95. The number of hydrogen-bond donors (Lipinski definition) is 3. The van der Waals surface area contributed by atoms with Gasteiger partial charge in [-0.3, -0.25) is 0 Å². The average molecular weight is 265 g/mol. The Kier molecular flexibility index (Phi) is 2.39. The van der Waals surface area contributed by atoms with Crippen LogP contribution < -0.4 is 10.6 Å². The number of fused-ring (bicyclic) bond motifs is 2. The van der Waals surface area contributed by atoms with E-state index in [1.54, 1.807) is 0 Å². The molecule has 0 aliphatic carbocycles. The van der Waals surface area contributed by atoms with Crippen LogP contribution in [0, 0.1) is 0 Å². The predicted molar refractivity (Wildman–Crippen MR) is 81.1 cm³/mol. The normalized spacial score (nSPS) is 13.2. The maximum Gasteiger partial charge on any atom is 0.180 e. The first-order chi connectivity index (χ1) is 9.83. The quantitative estimate of drug-likeness (QED) is 0.666. The Morgan fingerprint density at radius 2 is 2.10 bits per heavy atom. The zero-order valence-electron chi connectivity index (χ0n) is 11.2. The molecule has 1 aliphatic heterocycles. The third-order valence-electron chi connectivity index (χ3n) is 3.70. The molecule has 0 saturated carbocycles. The minimum absolute atomic E-state index is 0.736. The van der Waals surface area contributed by atoms with Crippen LogP contribution in [-0.2, 0) is 6.42 Å². The summed E-state index contributed by atoms with van der Waals surface area (Å²) in [6, 6.07) is 10.4. The highest BCUT2D eigenvalue weighted by atomic mass is 15.0. The van der Waals surface area contributed by atoms with Crippen molar-refractivity contribution < 1.29 is 0 Å². The third-order valence-corrected chi connectivity index (χ3v) is 3.70. The Balaban J connectivity index is 1.81. The van der Waals surface area contributed by atoms with Gasteiger partial charge in [-0.15, -0.1) is 0 Å². The predicted octanol–water partition coefficient (Wildman–Crippen LogP) is 2.63. The van der Waals surface area contributed by atoms with Gasteiger partial charge in [0.15, 0.2) is 5.65 Å². The fraction of sp³-hybridized carbons (Fsp3) is 0.200. The van der Waals surface area contributed by atoms with Crippen LogP contribution >= 0.6 is 0 Å². The molecule has 0 radical (unpaired) electrons. The second kappa shape index (κ2) is 4.23. The van der Waals surface area contributed by atoms with Crippen LogP contribution in [0.25, 0.3) is 22.6 Å².